The molecule has 0 unspecified atom stereocenters. The lowest BCUT2D eigenvalue weighted by Gasteiger charge is -2.06. The normalized spacial score (nSPS) is 10.5. The zero-order chi connectivity index (χ0) is 14.0. The van der Waals surface area contributed by atoms with Crippen LogP contribution in [-0.2, 0) is 6.42 Å². The third-order valence-electron chi connectivity index (χ3n) is 2.61. The van der Waals surface area contributed by atoms with Crippen molar-refractivity contribution in [2.24, 2.45) is 0 Å². The summed E-state index contributed by atoms with van der Waals surface area (Å²) in [5.41, 5.74) is -0.293. The maximum absolute atomic E-state index is 13.5. The van der Waals surface area contributed by atoms with Crippen molar-refractivity contribution >= 4 is 17.4 Å². The van der Waals surface area contributed by atoms with E-state index in [-0.39, 0.29) is 22.6 Å². The number of Topliss-reactive ketones (excluding diaryl/α,β-unsaturated/α-hetero) is 1. The van der Waals surface area contributed by atoms with Crippen LogP contribution in [0, 0.1) is 17.5 Å². The first-order valence-electron chi connectivity index (χ1n) is 5.40. The van der Waals surface area contributed by atoms with E-state index in [1.54, 1.807) is 0 Å². The molecule has 0 bridgehead atoms. The van der Waals surface area contributed by atoms with Gasteiger partial charge in [0.05, 0.1) is 10.6 Å². The number of ketones is 1. The van der Waals surface area contributed by atoms with Gasteiger partial charge in [-0.1, -0.05) is 23.7 Å². The van der Waals surface area contributed by atoms with E-state index < -0.39 is 23.2 Å². The van der Waals surface area contributed by atoms with Crippen molar-refractivity contribution in [3.8, 4) is 0 Å². The lowest BCUT2D eigenvalue weighted by atomic mass is 10.0. The molecule has 1 nitrogen and oxygen atoms in total. The van der Waals surface area contributed by atoms with Crippen molar-refractivity contribution in [2.75, 3.05) is 0 Å². The van der Waals surface area contributed by atoms with Gasteiger partial charge in [0, 0.05) is 12.5 Å². The van der Waals surface area contributed by atoms with E-state index >= 15 is 0 Å². The van der Waals surface area contributed by atoms with Gasteiger partial charge >= 0.3 is 0 Å². The largest absolute Gasteiger partial charge is 0.294 e. The quantitative estimate of drug-likeness (QED) is 0.773. The van der Waals surface area contributed by atoms with Crippen LogP contribution in [0.25, 0.3) is 0 Å². The molecular formula is C14H8ClF3O. The Hall–Kier alpha value is -1.81. The molecule has 2 aromatic carbocycles. The van der Waals surface area contributed by atoms with Gasteiger partial charge in [-0.05, 0) is 23.8 Å². The molecule has 0 atom stereocenters. The van der Waals surface area contributed by atoms with Crippen LogP contribution in [0.4, 0.5) is 13.2 Å². The van der Waals surface area contributed by atoms with Gasteiger partial charge in [0.15, 0.2) is 5.78 Å². The maximum Gasteiger partial charge on any atom is 0.171 e. The Morgan fingerprint density at radius 1 is 1.05 bits per heavy atom. The molecule has 98 valence electrons. The number of carbonyl (C=O) groups excluding carboxylic acids is 1. The fourth-order valence-electron chi connectivity index (χ4n) is 1.69. The zero-order valence-electron chi connectivity index (χ0n) is 9.59. The Labute approximate surface area is 112 Å². The fourth-order valence-corrected chi connectivity index (χ4v) is 1.96. The van der Waals surface area contributed by atoms with Crippen molar-refractivity contribution in [3.05, 3.63) is 70.0 Å². The van der Waals surface area contributed by atoms with Crippen LogP contribution in [-0.4, -0.2) is 5.78 Å². The predicted molar refractivity (Wildman–Crippen MR) is 65.8 cm³/mol. The van der Waals surface area contributed by atoms with Crippen LogP contribution in [0.15, 0.2) is 36.4 Å². The summed E-state index contributed by atoms with van der Waals surface area (Å²) in [4.78, 5) is 11.9. The molecule has 5 heteroatoms. The van der Waals surface area contributed by atoms with E-state index in [0.717, 1.165) is 18.2 Å². The molecule has 2 aromatic rings. The van der Waals surface area contributed by atoms with Crippen molar-refractivity contribution < 1.29 is 18.0 Å². The summed E-state index contributed by atoms with van der Waals surface area (Å²) in [5.74, 6) is -3.01. The number of benzene rings is 2. The number of carbonyl (C=O) groups is 1. The highest BCUT2D eigenvalue weighted by molar-refractivity contribution is 6.34. The molecule has 0 aliphatic rings. The molecular weight excluding hydrogens is 277 g/mol. The standard InChI is InChI=1S/C14H8ClF3O/c15-10-2-1-3-11(17)14(10)13(19)6-8-4-5-9(16)7-12(8)18/h1-5,7H,6H2. The Balaban J connectivity index is 2.31. The van der Waals surface area contributed by atoms with Crippen LogP contribution in [0.5, 0.6) is 0 Å². The number of hydrogen-bond acceptors (Lipinski definition) is 1. The second-order valence-corrected chi connectivity index (χ2v) is 4.34. The molecule has 0 saturated heterocycles. The van der Waals surface area contributed by atoms with E-state index in [2.05, 4.69) is 0 Å². The van der Waals surface area contributed by atoms with E-state index in [4.69, 9.17) is 11.6 Å². The van der Waals surface area contributed by atoms with E-state index in [1.807, 2.05) is 0 Å². The Morgan fingerprint density at radius 3 is 2.42 bits per heavy atom. The average molecular weight is 285 g/mol. The van der Waals surface area contributed by atoms with Gasteiger partial charge in [-0.2, -0.15) is 0 Å². The Kier molecular flexibility index (Phi) is 3.90. The minimum atomic E-state index is -0.846. The zero-order valence-corrected chi connectivity index (χ0v) is 10.3. The van der Waals surface area contributed by atoms with Gasteiger partial charge in [0.25, 0.3) is 0 Å². The summed E-state index contributed by atoms with van der Waals surface area (Å²) in [5, 5.41) is -0.0347. The van der Waals surface area contributed by atoms with E-state index in [0.29, 0.717) is 6.07 Å². The minimum absolute atomic E-state index is 0.00859. The van der Waals surface area contributed by atoms with Crippen LogP contribution in [0.3, 0.4) is 0 Å². The van der Waals surface area contributed by atoms with Crippen molar-refractivity contribution in [1.82, 2.24) is 0 Å². The van der Waals surface area contributed by atoms with Gasteiger partial charge < -0.3 is 0 Å². The van der Waals surface area contributed by atoms with Crippen molar-refractivity contribution in [1.29, 1.82) is 0 Å². The minimum Gasteiger partial charge on any atom is -0.294 e. The van der Waals surface area contributed by atoms with Gasteiger partial charge in [0.1, 0.15) is 17.5 Å². The monoisotopic (exact) mass is 284 g/mol. The fraction of sp³-hybridized carbons (Fsp3) is 0.0714. The van der Waals surface area contributed by atoms with Crippen LogP contribution in [0.1, 0.15) is 15.9 Å². The third-order valence-corrected chi connectivity index (χ3v) is 2.92. The molecule has 0 amide bonds. The molecule has 0 aliphatic heterocycles. The van der Waals surface area contributed by atoms with Crippen molar-refractivity contribution in [3.63, 3.8) is 0 Å². The van der Waals surface area contributed by atoms with Crippen LogP contribution in [0.2, 0.25) is 5.02 Å². The number of hydrogen-bond donors (Lipinski definition) is 0. The highest BCUT2D eigenvalue weighted by Gasteiger charge is 2.17. The Bertz CT molecular complexity index is 620. The van der Waals surface area contributed by atoms with Crippen LogP contribution < -0.4 is 0 Å². The number of rotatable bonds is 3. The third kappa shape index (κ3) is 2.96. The maximum atomic E-state index is 13.5. The number of halogens is 4. The first kappa shape index (κ1) is 13.6. The average Bonchev–Trinajstić information content (AvgIpc) is 2.32. The SMILES string of the molecule is O=C(Cc1ccc(F)cc1F)c1c(F)cccc1Cl. The molecule has 0 fully saturated rings. The lowest BCUT2D eigenvalue weighted by molar-refractivity contribution is 0.0988. The smallest absolute Gasteiger partial charge is 0.171 e. The molecule has 0 spiro atoms. The first-order chi connectivity index (χ1) is 8.99. The summed E-state index contributed by atoms with van der Waals surface area (Å²) in [6, 6.07) is 6.70. The summed E-state index contributed by atoms with van der Waals surface area (Å²) in [6.45, 7) is 0. The molecule has 0 N–H and O–H groups in total. The van der Waals surface area contributed by atoms with Crippen molar-refractivity contribution in [2.45, 2.75) is 6.42 Å². The van der Waals surface area contributed by atoms with E-state index in [1.165, 1.54) is 12.1 Å². The summed E-state index contributed by atoms with van der Waals surface area (Å²) >= 11 is 5.74. The molecule has 0 radical (unpaired) electrons. The highest BCUT2D eigenvalue weighted by atomic mass is 35.5. The molecule has 0 heterocycles. The molecule has 19 heavy (non-hydrogen) atoms. The molecule has 0 saturated carbocycles. The highest BCUT2D eigenvalue weighted by Crippen LogP contribution is 2.21. The first-order valence-corrected chi connectivity index (χ1v) is 5.78. The van der Waals surface area contributed by atoms with Gasteiger partial charge in [-0.15, -0.1) is 0 Å². The van der Waals surface area contributed by atoms with Crippen LogP contribution >= 0.6 is 11.6 Å². The summed E-state index contributed by atoms with van der Waals surface area (Å²) < 4.78 is 39.6. The summed E-state index contributed by atoms with van der Waals surface area (Å²) in [6.07, 6.45) is -0.382. The molecule has 2 rings (SSSR count). The summed E-state index contributed by atoms with van der Waals surface area (Å²) in [7, 11) is 0. The second-order valence-electron chi connectivity index (χ2n) is 3.93. The topological polar surface area (TPSA) is 17.1 Å². The van der Waals surface area contributed by atoms with Gasteiger partial charge in [-0.25, -0.2) is 13.2 Å². The van der Waals surface area contributed by atoms with E-state index in [9.17, 15) is 18.0 Å². The predicted octanol–water partition coefficient (Wildman–Crippen LogP) is 4.18. The molecule has 0 aliphatic carbocycles. The Morgan fingerprint density at radius 2 is 1.79 bits per heavy atom. The van der Waals surface area contributed by atoms with Gasteiger partial charge in [0.2, 0.25) is 0 Å². The molecule has 0 aromatic heterocycles. The lowest BCUT2D eigenvalue weighted by Crippen LogP contribution is -2.08. The van der Waals surface area contributed by atoms with Gasteiger partial charge in [-0.3, -0.25) is 4.79 Å². The second kappa shape index (κ2) is 5.45.